The fraction of sp³-hybridized carbons (Fsp3) is 0.471. The second-order valence-corrected chi connectivity index (χ2v) is 5.46. The molecule has 1 aromatic carbocycles. The number of carbonyl (C=O) groups excluding carboxylic acids is 1. The van der Waals surface area contributed by atoms with Crippen LogP contribution in [0.3, 0.4) is 0 Å². The number of amides is 1. The predicted molar refractivity (Wildman–Crippen MR) is 84.4 cm³/mol. The lowest BCUT2D eigenvalue weighted by Crippen LogP contribution is -2.36. The van der Waals surface area contributed by atoms with E-state index in [0.717, 1.165) is 24.1 Å². The number of carbonyl (C=O) groups is 1. The molecule has 1 rings (SSSR count). The molecule has 0 radical (unpaired) electrons. The van der Waals surface area contributed by atoms with Crippen LogP contribution in [0.4, 0.5) is 4.39 Å². The molecule has 0 aliphatic carbocycles. The minimum atomic E-state index is -0.270. The van der Waals surface area contributed by atoms with Crippen LogP contribution in [-0.4, -0.2) is 42.9 Å². The molecule has 0 saturated carbocycles. The highest BCUT2D eigenvalue weighted by atomic mass is 19.1. The molecule has 0 aromatic heterocycles. The summed E-state index contributed by atoms with van der Waals surface area (Å²) in [6.07, 6.45) is 2.76. The van der Waals surface area contributed by atoms with Crippen molar-refractivity contribution in [2.24, 2.45) is 0 Å². The highest BCUT2D eigenvalue weighted by Gasteiger charge is 2.15. The molecule has 1 amide bonds. The summed E-state index contributed by atoms with van der Waals surface area (Å²) in [5.41, 5.74) is 1.55. The van der Waals surface area contributed by atoms with Crippen LogP contribution in [0.5, 0.6) is 0 Å². The van der Waals surface area contributed by atoms with Gasteiger partial charge >= 0.3 is 0 Å². The fourth-order valence-corrected chi connectivity index (χ4v) is 2.07. The second-order valence-electron chi connectivity index (χ2n) is 5.46. The Morgan fingerprint density at radius 3 is 2.57 bits per heavy atom. The van der Waals surface area contributed by atoms with Crippen molar-refractivity contribution < 1.29 is 9.18 Å². The molecule has 1 aromatic rings. The van der Waals surface area contributed by atoms with Gasteiger partial charge in [-0.1, -0.05) is 25.1 Å². The fourth-order valence-electron chi connectivity index (χ4n) is 2.07. The summed E-state index contributed by atoms with van der Waals surface area (Å²) >= 11 is 0. The number of nitrogens with zero attached hydrogens (tertiary/aromatic N) is 2. The van der Waals surface area contributed by atoms with Crippen LogP contribution in [0.2, 0.25) is 0 Å². The molecule has 0 saturated heterocycles. The van der Waals surface area contributed by atoms with E-state index < -0.39 is 0 Å². The van der Waals surface area contributed by atoms with Crippen molar-refractivity contribution in [1.29, 1.82) is 0 Å². The maximum atomic E-state index is 13.3. The first-order valence-corrected chi connectivity index (χ1v) is 7.29. The summed E-state index contributed by atoms with van der Waals surface area (Å²) in [4.78, 5) is 16.3. The predicted octanol–water partition coefficient (Wildman–Crippen LogP) is 3.07. The van der Waals surface area contributed by atoms with E-state index in [4.69, 9.17) is 0 Å². The second kappa shape index (κ2) is 8.57. The van der Waals surface area contributed by atoms with E-state index in [9.17, 15) is 9.18 Å². The zero-order chi connectivity index (χ0) is 15.8. The van der Waals surface area contributed by atoms with Gasteiger partial charge in [-0.05, 0) is 45.1 Å². The molecule has 116 valence electrons. The summed E-state index contributed by atoms with van der Waals surface area (Å²) < 4.78 is 13.3. The van der Waals surface area contributed by atoms with E-state index in [1.165, 1.54) is 12.1 Å². The number of rotatable bonds is 7. The van der Waals surface area contributed by atoms with E-state index in [1.54, 1.807) is 11.0 Å². The maximum absolute atomic E-state index is 13.3. The van der Waals surface area contributed by atoms with Crippen molar-refractivity contribution >= 4 is 5.91 Å². The average molecular weight is 292 g/mol. The first-order chi connectivity index (χ1) is 9.93. The average Bonchev–Trinajstić information content (AvgIpc) is 2.42. The molecular weight excluding hydrogens is 267 g/mol. The van der Waals surface area contributed by atoms with Crippen LogP contribution in [0.15, 0.2) is 35.9 Å². The van der Waals surface area contributed by atoms with Crippen molar-refractivity contribution in [3.8, 4) is 0 Å². The number of hydrogen-bond acceptors (Lipinski definition) is 2. The number of benzene rings is 1. The summed E-state index contributed by atoms with van der Waals surface area (Å²) in [5.74, 6) is -0.253. The van der Waals surface area contributed by atoms with E-state index in [0.29, 0.717) is 13.1 Å². The van der Waals surface area contributed by atoms with Crippen molar-refractivity contribution in [2.45, 2.75) is 26.8 Å². The SMILES string of the molecule is CCC=C(C)C(=O)N(CCN(C)C)Cc1cccc(F)c1. The lowest BCUT2D eigenvalue weighted by Gasteiger charge is -2.25. The molecule has 0 aliphatic rings. The summed E-state index contributed by atoms with van der Waals surface area (Å²) in [7, 11) is 3.94. The molecule has 0 spiro atoms. The zero-order valence-corrected chi connectivity index (χ0v) is 13.4. The Morgan fingerprint density at radius 1 is 1.29 bits per heavy atom. The van der Waals surface area contributed by atoms with Gasteiger partial charge in [-0.25, -0.2) is 4.39 Å². The third-order valence-corrected chi connectivity index (χ3v) is 3.21. The van der Waals surface area contributed by atoms with Crippen LogP contribution in [0, 0.1) is 5.82 Å². The zero-order valence-electron chi connectivity index (χ0n) is 13.4. The largest absolute Gasteiger partial charge is 0.333 e. The maximum Gasteiger partial charge on any atom is 0.249 e. The van der Waals surface area contributed by atoms with Crippen LogP contribution in [0.25, 0.3) is 0 Å². The highest BCUT2D eigenvalue weighted by molar-refractivity contribution is 5.92. The van der Waals surface area contributed by atoms with Gasteiger partial charge in [0.15, 0.2) is 0 Å². The van der Waals surface area contributed by atoms with Crippen molar-refractivity contribution in [3.63, 3.8) is 0 Å². The third-order valence-electron chi connectivity index (χ3n) is 3.21. The van der Waals surface area contributed by atoms with Gasteiger partial charge in [0.05, 0.1) is 0 Å². The van der Waals surface area contributed by atoms with Gasteiger partial charge in [-0.2, -0.15) is 0 Å². The Bertz CT molecular complexity index is 497. The smallest absolute Gasteiger partial charge is 0.249 e. The molecule has 0 unspecified atom stereocenters. The van der Waals surface area contributed by atoms with Gasteiger partial charge in [0, 0.05) is 25.2 Å². The summed E-state index contributed by atoms with van der Waals surface area (Å²) in [6.45, 7) is 5.67. The van der Waals surface area contributed by atoms with Crippen LogP contribution in [-0.2, 0) is 11.3 Å². The first kappa shape index (κ1) is 17.4. The molecular formula is C17H25FN2O. The van der Waals surface area contributed by atoms with Crippen LogP contribution < -0.4 is 0 Å². The highest BCUT2D eigenvalue weighted by Crippen LogP contribution is 2.11. The number of allylic oxidation sites excluding steroid dienone is 1. The molecule has 0 bridgehead atoms. The Kier molecular flexibility index (Phi) is 7.09. The molecule has 0 fully saturated rings. The van der Waals surface area contributed by atoms with Gasteiger partial charge < -0.3 is 9.80 Å². The topological polar surface area (TPSA) is 23.6 Å². The summed E-state index contributed by atoms with van der Waals surface area (Å²) in [5, 5.41) is 0. The standard InChI is InChI=1S/C17H25FN2O/c1-5-7-14(2)17(21)20(11-10-19(3)4)13-15-8-6-9-16(18)12-15/h6-9,12H,5,10-11,13H2,1-4H3. The van der Waals surface area contributed by atoms with Crippen LogP contribution in [0.1, 0.15) is 25.8 Å². The monoisotopic (exact) mass is 292 g/mol. The Morgan fingerprint density at radius 2 is 2.00 bits per heavy atom. The van der Waals surface area contributed by atoms with Gasteiger partial charge in [0.25, 0.3) is 0 Å². The Labute approximate surface area is 127 Å². The van der Waals surface area contributed by atoms with E-state index in [1.807, 2.05) is 45.0 Å². The lowest BCUT2D eigenvalue weighted by atomic mass is 10.1. The van der Waals surface area contributed by atoms with Crippen LogP contribution >= 0.6 is 0 Å². The third kappa shape index (κ3) is 6.08. The summed E-state index contributed by atoms with van der Waals surface area (Å²) in [6, 6.07) is 6.42. The minimum Gasteiger partial charge on any atom is -0.333 e. The number of halogens is 1. The molecule has 4 heteroatoms. The molecule has 21 heavy (non-hydrogen) atoms. The van der Waals surface area contributed by atoms with Crippen molar-refractivity contribution in [3.05, 3.63) is 47.3 Å². The normalized spacial score (nSPS) is 11.8. The molecule has 0 heterocycles. The van der Waals surface area contributed by atoms with Crippen molar-refractivity contribution in [1.82, 2.24) is 9.80 Å². The van der Waals surface area contributed by atoms with Gasteiger partial charge in [-0.3, -0.25) is 4.79 Å². The van der Waals surface area contributed by atoms with E-state index in [-0.39, 0.29) is 11.7 Å². The van der Waals surface area contributed by atoms with Gasteiger partial charge in [0.2, 0.25) is 5.91 Å². The van der Waals surface area contributed by atoms with Gasteiger partial charge in [-0.15, -0.1) is 0 Å². The van der Waals surface area contributed by atoms with Gasteiger partial charge in [0.1, 0.15) is 5.82 Å². The Balaban J connectivity index is 2.86. The molecule has 0 atom stereocenters. The van der Waals surface area contributed by atoms with E-state index >= 15 is 0 Å². The first-order valence-electron chi connectivity index (χ1n) is 7.29. The number of likely N-dealkylation sites (N-methyl/N-ethyl adjacent to an activating group) is 1. The number of hydrogen-bond donors (Lipinski definition) is 0. The molecule has 0 N–H and O–H groups in total. The van der Waals surface area contributed by atoms with Crippen molar-refractivity contribution in [2.75, 3.05) is 27.2 Å². The minimum absolute atomic E-state index is 0.0166. The Hall–Kier alpha value is -1.68. The molecule has 3 nitrogen and oxygen atoms in total. The molecule has 0 aliphatic heterocycles. The quantitative estimate of drug-likeness (QED) is 0.721. The lowest BCUT2D eigenvalue weighted by molar-refractivity contribution is -0.127. The van der Waals surface area contributed by atoms with E-state index in [2.05, 4.69) is 0 Å².